The molecule has 1 N–H and O–H groups in total. The summed E-state index contributed by atoms with van der Waals surface area (Å²) in [4.78, 5) is 17.4. The molecule has 17 heavy (non-hydrogen) atoms. The predicted molar refractivity (Wildman–Crippen MR) is 69.3 cm³/mol. The molecule has 1 amide bonds. The van der Waals surface area contributed by atoms with Crippen LogP contribution in [-0.2, 0) is 0 Å². The number of thioether (sulfide) groups is 1. The van der Waals surface area contributed by atoms with E-state index >= 15 is 0 Å². The van der Waals surface area contributed by atoms with Gasteiger partial charge < -0.3 is 10.0 Å². The fourth-order valence-corrected chi connectivity index (χ4v) is 1.96. The smallest absolute Gasteiger partial charge is 0.254 e. The molecule has 0 spiro atoms. The Balaban J connectivity index is 2.72. The Kier molecular flexibility index (Phi) is 4.96. The number of aliphatic hydroxyl groups excluding tert-OH is 1. The normalized spacial score (nSPS) is 14.2. The first-order valence-electron chi connectivity index (χ1n) is 5.44. The number of amides is 1. The molecule has 2 unspecified atom stereocenters. The fourth-order valence-electron chi connectivity index (χ4n) is 1.12. The molecule has 0 saturated heterocycles. The zero-order valence-electron chi connectivity index (χ0n) is 10.5. The third-order valence-electron chi connectivity index (χ3n) is 2.38. The van der Waals surface area contributed by atoms with E-state index in [4.69, 9.17) is 0 Å². The van der Waals surface area contributed by atoms with E-state index in [1.165, 1.54) is 16.7 Å². The van der Waals surface area contributed by atoms with E-state index in [2.05, 4.69) is 4.98 Å². The Morgan fingerprint density at radius 2 is 2.06 bits per heavy atom. The minimum absolute atomic E-state index is 0.0578. The fraction of sp³-hybridized carbons (Fsp3) is 0.500. The van der Waals surface area contributed by atoms with Gasteiger partial charge in [0.25, 0.3) is 5.91 Å². The second-order valence-electron chi connectivity index (χ2n) is 4.15. The summed E-state index contributed by atoms with van der Waals surface area (Å²) in [6, 6.07) is 3.56. The first-order chi connectivity index (χ1) is 7.91. The molecule has 1 rings (SSSR count). The van der Waals surface area contributed by atoms with Gasteiger partial charge in [-0.3, -0.25) is 4.79 Å². The van der Waals surface area contributed by atoms with E-state index in [-0.39, 0.29) is 17.3 Å². The molecular weight excluding hydrogens is 236 g/mol. The summed E-state index contributed by atoms with van der Waals surface area (Å²) in [5, 5.41) is 10.3. The lowest BCUT2D eigenvalue weighted by Gasteiger charge is -2.14. The SMILES string of the molecule is CC(O)C(C)Sc1ccc(C(=O)N(C)C)cn1. The Morgan fingerprint density at radius 1 is 1.41 bits per heavy atom. The van der Waals surface area contributed by atoms with Crippen molar-refractivity contribution >= 4 is 17.7 Å². The number of nitrogens with zero attached hydrogens (tertiary/aromatic N) is 2. The quantitative estimate of drug-likeness (QED) is 0.830. The van der Waals surface area contributed by atoms with Crippen LogP contribution in [0.25, 0.3) is 0 Å². The number of carbonyl (C=O) groups excluding carboxylic acids is 1. The van der Waals surface area contributed by atoms with Gasteiger partial charge in [-0.1, -0.05) is 6.92 Å². The second kappa shape index (κ2) is 6.02. The van der Waals surface area contributed by atoms with Crippen LogP contribution in [-0.4, -0.2) is 46.3 Å². The number of hydrogen-bond acceptors (Lipinski definition) is 4. The second-order valence-corrected chi connectivity index (χ2v) is 5.55. The van der Waals surface area contributed by atoms with Crippen LogP contribution >= 0.6 is 11.8 Å². The molecule has 0 aliphatic heterocycles. The zero-order valence-corrected chi connectivity index (χ0v) is 11.4. The topological polar surface area (TPSA) is 53.4 Å². The van der Waals surface area contributed by atoms with Crippen LogP contribution in [0.1, 0.15) is 24.2 Å². The van der Waals surface area contributed by atoms with Crippen molar-refractivity contribution in [2.24, 2.45) is 0 Å². The zero-order chi connectivity index (χ0) is 13.0. The molecule has 4 nitrogen and oxygen atoms in total. The molecule has 94 valence electrons. The third kappa shape index (κ3) is 4.02. The van der Waals surface area contributed by atoms with Gasteiger partial charge in [0.1, 0.15) is 0 Å². The lowest BCUT2D eigenvalue weighted by molar-refractivity contribution is 0.0827. The number of hydrogen-bond donors (Lipinski definition) is 1. The van der Waals surface area contributed by atoms with Crippen LogP contribution in [0.5, 0.6) is 0 Å². The first-order valence-corrected chi connectivity index (χ1v) is 6.32. The highest BCUT2D eigenvalue weighted by Gasteiger charge is 2.12. The number of aromatic nitrogens is 1. The molecule has 0 fully saturated rings. The number of rotatable bonds is 4. The average Bonchev–Trinajstić information content (AvgIpc) is 2.28. The lowest BCUT2D eigenvalue weighted by Crippen LogP contribution is -2.21. The maximum absolute atomic E-state index is 11.6. The maximum atomic E-state index is 11.6. The minimum atomic E-state index is -0.384. The summed E-state index contributed by atoms with van der Waals surface area (Å²) in [6.45, 7) is 3.69. The van der Waals surface area contributed by atoms with Gasteiger partial charge in [0, 0.05) is 25.5 Å². The summed E-state index contributed by atoms with van der Waals surface area (Å²) in [7, 11) is 3.42. The van der Waals surface area contributed by atoms with Gasteiger partial charge in [-0.25, -0.2) is 4.98 Å². The number of carbonyl (C=O) groups is 1. The molecule has 0 aliphatic carbocycles. The van der Waals surface area contributed by atoms with Gasteiger partial charge in [-0.2, -0.15) is 0 Å². The van der Waals surface area contributed by atoms with Crippen LogP contribution in [0.3, 0.4) is 0 Å². The first kappa shape index (κ1) is 14.0. The largest absolute Gasteiger partial charge is 0.392 e. The lowest BCUT2D eigenvalue weighted by atomic mass is 10.2. The van der Waals surface area contributed by atoms with Crippen LogP contribution in [0.15, 0.2) is 23.4 Å². The van der Waals surface area contributed by atoms with Crippen molar-refractivity contribution in [2.45, 2.75) is 30.2 Å². The predicted octanol–water partition coefficient (Wildman–Crippen LogP) is 1.64. The third-order valence-corrected chi connectivity index (χ3v) is 3.62. The van der Waals surface area contributed by atoms with E-state index in [0.29, 0.717) is 5.56 Å². The van der Waals surface area contributed by atoms with Gasteiger partial charge in [0.2, 0.25) is 0 Å². The number of pyridine rings is 1. The molecule has 0 bridgehead atoms. The monoisotopic (exact) mass is 254 g/mol. The van der Waals surface area contributed by atoms with Crippen molar-refractivity contribution in [3.63, 3.8) is 0 Å². The Labute approximate surface area is 106 Å². The van der Waals surface area contributed by atoms with Crippen LogP contribution in [0.2, 0.25) is 0 Å². The Morgan fingerprint density at radius 3 is 2.47 bits per heavy atom. The highest BCUT2D eigenvalue weighted by molar-refractivity contribution is 7.99. The highest BCUT2D eigenvalue weighted by atomic mass is 32.2. The van der Waals surface area contributed by atoms with Gasteiger partial charge >= 0.3 is 0 Å². The van der Waals surface area contributed by atoms with E-state index in [0.717, 1.165) is 5.03 Å². The highest BCUT2D eigenvalue weighted by Crippen LogP contribution is 2.23. The van der Waals surface area contributed by atoms with Crippen molar-refractivity contribution in [2.75, 3.05) is 14.1 Å². The van der Waals surface area contributed by atoms with E-state index in [9.17, 15) is 9.90 Å². The van der Waals surface area contributed by atoms with Crippen molar-refractivity contribution in [3.05, 3.63) is 23.9 Å². The van der Waals surface area contributed by atoms with Crippen LogP contribution in [0.4, 0.5) is 0 Å². The summed E-state index contributed by atoms with van der Waals surface area (Å²) < 4.78 is 0. The maximum Gasteiger partial charge on any atom is 0.254 e. The van der Waals surface area contributed by atoms with Crippen molar-refractivity contribution in [3.8, 4) is 0 Å². The van der Waals surface area contributed by atoms with E-state index < -0.39 is 0 Å². The molecule has 1 aromatic rings. The van der Waals surface area contributed by atoms with Crippen LogP contribution < -0.4 is 0 Å². The van der Waals surface area contributed by atoms with Gasteiger partial charge in [-0.05, 0) is 19.1 Å². The molecule has 1 aromatic heterocycles. The number of aliphatic hydroxyl groups is 1. The molecular formula is C12H18N2O2S. The Bertz CT molecular complexity index is 377. The molecule has 0 saturated carbocycles. The molecule has 5 heteroatoms. The van der Waals surface area contributed by atoms with E-state index in [1.807, 2.05) is 6.92 Å². The molecule has 2 atom stereocenters. The van der Waals surface area contributed by atoms with Crippen molar-refractivity contribution < 1.29 is 9.90 Å². The standard InChI is InChI=1S/C12H18N2O2S/c1-8(15)9(2)17-11-6-5-10(7-13-11)12(16)14(3)4/h5-9,15H,1-4H3. The molecule has 0 aliphatic rings. The average molecular weight is 254 g/mol. The van der Waals surface area contributed by atoms with E-state index in [1.54, 1.807) is 39.3 Å². The molecule has 1 heterocycles. The van der Waals surface area contributed by atoms with Crippen LogP contribution in [0, 0.1) is 0 Å². The summed E-state index contributed by atoms with van der Waals surface area (Å²) in [5.74, 6) is -0.0578. The summed E-state index contributed by atoms with van der Waals surface area (Å²) >= 11 is 1.49. The van der Waals surface area contributed by atoms with Gasteiger partial charge in [-0.15, -0.1) is 11.8 Å². The molecule has 0 radical (unpaired) electrons. The van der Waals surface area contributed by atoms with Gasteiger partial charge in [0.15, 0.2) is 0 Å². The van der Waals surface area contributed by atoms with Crippen molar-refractivity contribution in [1.29, 1.82) is 0 Å². The van der Waals surface area contributed by atoms with Crippen molar-refractivity contribution in [1.82, 2.24) is 9.88 Å². The summed E-state index contributed by atoms with van der Waals surface area (Å²) in [5.41, 5.74) is 0.573. The molecule has 0 aromatic carbocycles. The Hall–Kier alpha value is -1.07. The van der Waals surface area contributed by atoms with Gasteiger partial charge in [0.05, 0.1) is 16.7 Å². The summed E-state index contributed by atoms with van der Waals surface area (Å²) in [6.07, 6.45) is 1.18. The minimum Gasteiger partial charge on any atom is -0.392 e.